The van der Waals surface area contributed by atoms with Crippen molar-refractivity contribution in [3.63, 3.8) is 0 Å². The molecule has 1 unspecified atom stereocenters. The van der Waals surface area contributed by atoms with Crippen LogP contribution in [0.1, 0.15) is 5.69 Å². The van der Waals surface area contributed by atoms with E-state index < -0.39 is 47.4 Å². The Morgan fingerprint density at radius 1 is 1.37 bits per heavy atom. The first-order valence-corrected chi connectivity index (χ1v) is 12.9. The molecule has 3 aromatic rings. The van der Waals surface area contributed by atoms with Gasteiger partial charge in [0.2, 0.25) is 5.88 Å². The van der Waals surface area contributed by atoms with Crippen LogP contribution in [0, 0.1) is 0 Å². The molecule has 1 fully saturated rings. The Hall–Kier alpha value is -4.44. The first-order chi connectivity index (χ1) is 18.2. The Labute approximate surface area is 221 Å². The summed E-state index contributed by atoms with van der Waals surface area (Å²) in [5.74, 6) is -3.66. The van der Waals surface area contributed by atoms with Gasteiger partial charge in [0, 0.05) is 28.8 Å². The number of pyridine rings is 1. The minimum Gasteiger partial charge on any atom is -0.543 e. The first-order valence-electron chi connectivity index (χ1n) is 11.0. The van der Waals surface area contributed by atoms with E-state index in [9.17, 15) is 24.3 Å². The largest absolute Gasteiger partial charge is 0.543 e. The third-order valence-electron chi connectivity index (χ3n) is 5.71. The summed E-state index contributed by atoms with van der Waals surface area (Å²) in [5.41, 5.74) is 10.3. The van der Waals surface area contributed by atoms with Gasteiger partial charge in [-0.15, -0.1) is 23.1 Å². The Morgan fingerprint density at radius 3 is 2.89 bits per heavy atom. The number of hydrogen-bond acceptors (Lipinski definition) is 12. The van der Waals surface area contributed by atoms with Gasteiger partial charge in [0.05, 0.1) is 16.4 Å². The number of nitrogens with two attached hydrogens (primary N) is 2. The van der Waals surface area contributed by atoms with Crippen molar-refractivity contribution in [3.8, 4) is 0 Å². The normalized spacial score (nSPS) is 19.2. The maximum atomic E-state index is 13.0. The number of anilines is 1. The topological polar surface area (TPSA) is 210 Å². The molecule has 5 heterocycles. The van der Waals surface area contributed by atoms with Crippen LogP contribution in [0.15, 0.2) is 56.9 Å². The monoisotopic (exact) mass is 557 g/mol. The number of carbonyl (C=O) groups excluding carboxylic acids is 4. The minimum absolute atomic E-state index is 0.110. The molecule has 0 aliphatic carbocycles. The molecule has 196 valence electrons. The summed E-state index contributed by atoms with van der Waals surface area (Å²) >= 11 is 2.86. The van der Waals surface area contributed by atoms with Crippen molar-refractivity contribution < 1.29 is 38.2 Å². The van der Waals surface area contributed by atoms with E-state index in [1.165, 1.54) is 17.8 Å². The number of primary amides is 1. The number of β-lactam (4-membered cyclic amide) rings is 1. The van der Waals surface area contributed by atoms with E-state index >= 15 is 0 Å². The summed E-state index contributed by atoms with van der Waals surface area (Å²) in [4.78, 5) is 55.0. The van der Waals surface area contributed by atoms with Crippen LogP contribution in [-0.4, -0.2) is 63.2 Å². The molecule has 0 radical (unpaired) electrons. The highest BCUT2D eigenvalue weighted by Crippen LogP contribution is 2.40. The van der Waals surface area contributed by atoms with Crippen molar-refractivity contribution >= 4 is 68.5 Å². The number of nitrogens with zero attached hydrogens (tertiary/aromatic N) is 4. The van der Waals surface area contributed by atoms with E-state index in [-0.39, 0.29) is 23.8 Å². The zero-order valence-electron chi connectivity index (χ0n) is 19.4. The summed E-state index contributed by atoms with van der Waals surface area (Å²) in [6.07, 6.45) is 3.75. The van der Waals surface area contributed by atoms with Crippen LogP contribution >= 0.6 is 23.1 Å². The van der Waals surface area contributed by atoms with Crippen LogP contribution in [-0.2, 0) is 30.6 Å². The van der Waals surface area contributed by atoms with Gasteiger partial charge in [0.1, 0.15) is 17.1 Å². The number of thioether (sulfide) groups is 1. The molecule has 3 amide bonds. The Balaban J connectivity index is 1.34. The van der Waals surface area contributed by atoms with Crippen LogP contribution in [0.3, 0.4) is 0 Å². The van der Waals surface area contributed by atoms with Crippen molar-refractivity contribution in [3.05, 3.63) is 52.9 Å². The summed E-state index contributed by atoms with van der Waals surface area (Å²) in [6, 6.07) is 4.05. The van der Waals surface area contributed by atoms with Crippen molar-refractivity contribution in [2.24, 2.45) is 10.9 Å². The maximum absolute atomic E-state index is 13.0. The highest BCUT2D eigenvalue weighted by molar-refractivity contribution is 8.00. The average molecular weight is 558 g/mol. The smallest absolute Gasteiger partial charge is 0.276 e. The number of hydrogen-bond donors (Lipinski definition) is 3. The number of rotatable bonds is 9. The third-order valence-corrected chi connectivity index (χ3v) is 7.91. The van der Waals surface area contributed by atoms with E-state index in [1.54, 1.807) is 11.3 Å². The Morgan fingerprint density at radius 2 is 2.18 bits per heavy atom. The molecule has 2 aliphatic heterocycles. The fourth-order valence-corrected chi connectivity index (χ4v) is 6.20. The maximum Gasteiger partial charge on any atom is 0.276 e. The second kappa shape index (κ2) is 10.1. The second-order valence-corrected chi connectivity index (χ2v) is 10.3. The molecule has 1 saturated heterocycles. The van der Waals surface area contributed by atoms with Crippen molar-refractivity contribution in [2.75, 3.05) is 18.1 Å². The molecule has 2 aliphatic rings. The summed E-state index contributed by atoms with van der Waals surface area (Å²) < 4.78 is 7.64. The predicted octanol–water partition coefficient (Wildman–Crippen LogP) is -1.93. The van der Waals surface area contributed by atoms with Gasteiger partial charge in [-0.25, -0.2) is 0 Å². The van der Waals surface area contributed by atoms with Crippen LogP contribution in [0.5, 0.6) is 0 Å². The number of amides is 3. The summed E-state index contributed by atoms with van der Waals surface area (Å²) in [7, 11) is 0. The molecule has 3 aromatic heterocycles. The van der Waals surface area contributed by atoms with Crippen LogP contribution < -0.4 is 26.5 Å². The Bertz CT molecular complexity index is 1530. The number of nitrogen functional groups attached to an aromatic ring is 1. The number of carboxylic acid groups (broad SMARTS) is 1. The fraction of sp³-hybridized carbons (Fsp3) is 0.227. The summed E-state index contributed by atoms with van der Waals surface area (Å²) in [5, 5.41) is 24.1. The third kappa shape index (κ3) is 4.78. The quantitative estimate of drug-likeness (QED) is 0.115. The van der Waals surface area contributed by atoms with E-state index in [1.807, 2.05) is 34.5 Å². The van der Waals surface area contributed by atoms with Crippen LogP contribution in [0.2, 0.25) is 0 Å². The van der Waals surface area contributed by atoms with Crippen LogP contribution in [0.4, 0.5) is 5.88 Å². The lowest BCUT2D eigenvalue weighted by molar-refractivity contribution is -0.687. The first kappa shape index (κ1) is 25.2. The Kier molecular flexibility index (Phi) is 6.73. The minimum atomic E-state index is -1.48. The molecule has 5 N–H and O–H groups in total. The predicted molar refractivity (Wildman–Crippen MR) is 132 cm³/mol. The number of carbonyl (C=O) groups is 4. The number of aromatic nitrogens is 2. The molecular formula is C22H19N7O7S2. The van der Waals surface area contributed by atoms with Crippen molar-refractivity contribution in [1.29, 1.82) is 0 Å². The van der Waals surface area contributed by atoms with E-state index in [2.05, 4.69) is 15.6 Å². The van der Waals surface area contributed by atoms with Gasteiger partial charge in [-0.05, 0) is 11.4 Å². The van der Waals surface area contributed by atoms with E-state index in [0.29, 0.717) is 11.3 Å². The number of aliphatic carboxylic acids is 1. The van der Waals surface area contributed by atoms with Crippen molar-refractivity contribution in [2.45, 2.75) is 18.0 Å². The molecule has 16 heteroatoms. The molecular weight excluding hydrogens is 538 g/mol. The summed E-state index contributed by atoms with van der Waals surface area (Å²) in [6.45, 7) is -0.363. The SMILES string of the molecule is NC(=O)CO/N=C(/C(=O)NC1C(=O)N2C(C(=O)[O-])=C(C[n+]3ccc4ccsc4c3)CS[C@H]12)c1cc(N)on1. The van der Waals surface area contributed by atoms with Gasteiger partial charge in [0.15, 0.2) is 31.3 Å². The number of carboxylic acids is 1. The molecule has 0 saturated carbocycles. The molecule has 2 atom stereocenters. The van der Waals surface area contributed by atoms with Gasteiger partial charge < -0.3 is 36.0 Å². The number of oxime groups is 1. The van der Waals surface area contributed by atoms with E-state index in [4.69, 9.17) is 20.8 Å². The number of thiophene rings is 1. The van der Waals surface area contributed by atoms with Crippen molar-refractivity contribution in [1.82, 2.24) is 15.4 Å². The van der Waals surface area contributed by atoms with Gasteiger partial charge in [-0.3, -0.25) is 19.3 Å². The molecule has 38 heavy (non-hydrogen) atoms. The molecule has 5 rings (SSSR count). The number of nitrogens with one attached hydrogen (secondary N) is 1. The molecule has 14 nitrogen and oxygen atoms in total. The molecule has 0 aromatic carbocycles. The lowest BCUT2D eigenvalue weighted by atomic mass is 10.0. The van der Waals surface area contributed by atoms with Gasteiger partial charge in [0.25, 0.3) is 17.7 Å². The standard InChI is InChI=1S/C22H19N7O7S2/c23-14(30)8-35-27-16(12-5-15(24)36-26-12)19(31)25-17-20(32)29-18(22(33)34)11(9-38-21(17)29)6-28-3-1-10-2-4-37-13(10)7-28/h1-5,7,17,21H,6,8-9H2,(H5-,23,24,25,26,30,31,33,34)/b27-16+/t17?,21-/m1/s1. The average Bonchev–Trinajstić information content (AvgIpc) is 3.52. The van der Waals surface area contributed by atoms with E-state index in [0.717, 1.165) is 15.0 Å². The molecule has 0 bridgehead atoms. The molecule has 0 spiro atoms. The van der Waals surface area contributed by atoms with Gasteiger partial charge in [-0.1, -0.05) is 10.3 Å². The van der Waals surface area contributed by atoms with Gasteiger partial charge in [-0.2, -0.15) is 4.57 Å². The zero-order valence-corrected chi connectivity index (χ0v) is 21.0. The fourth-order valence-electron chi connectivity index (χ4n) is 4.03. The van der Waals surface area contributed by atoms with Gasteiger partial charge >= 0.3 is 0 Å². The number of fused-ring (bicyclic) bond motifs is 2. The highest BCUT2D eigenvalue weighted by Gasteiger charge is 2.53. The van der Waals surface area contributed by atoms with Crippen LogP contribution in [0.25, 0.3) is 10.1 Å². The lowest BCUT2D eigenvalue weighted by Gasteiger charge is -2.50. The highest BCUT2D eigenvalue weighted by atomic mass is 32.2. The second-order valence-electron chi connectivity index (χ2n) is 8.25. The zero-order chi connectivity index (χ0) is 27.0. The lowest BCUT2D eigenvalue weighted by Crippen LogP contribution is -2.71.